The van der Waals surface area contributed by atoms with Gasteiger partial charge in [0.1, 0.15) is 6.04 Å². The van der Waals surface area contributed by atoms with Crippen molar-refractivity contribution in [3.05, 3.63) is 17.5 Å². The summed E-state index contributed by atoms with van der Waals surface area (Å²) in [5, 5.41) is 12.6. The summed E-state index contributed by atoms with van der Waals surface area (Å²) in [6.45, 7) is 1.73. The van der Waals surface area contributed by atoms with Crippen molar-refractivity contribution in [3.63, 3.8) is 0 Å². The molecule has 0 spiro atoms. The van der Waals surface area contributed by atoms with E-state index < -0.39 is 12.0 Å². The van der Waals surface area contributed by atoms with Gasteiger partial charge in [0.15, 0.2) is 0 Å². The number of aliphatic carboxylic acids is 1. The van der Waals surface area contributed by atoms with Crippen LogP contribution in [0.2, 0.25) is 0 Å². The smallest absolute Gasteiger partial charge is 0.325 e. The highest BCUT2D eigenvalue weighted by atomic mass is 16.4. The van der Waals surface area contributed by atoms with Gasteiger partial charge in [-0.3, -0.25) is 9.48 Å². The fraction of sp³-hybridized carbons (Fsp3) is 0.429. The Balaban J connectivity index is 3.02. The second kappa shape index (κ2) is 2.94. The van der Waals surface area contributed by atoms with E-state index >= 15 is 0 Å². The van der Waals surface area contributed by atoms with Gasteiger partial charge in [0.05, 0.1) is 5.69 Å². The van der Waals surface area contributed by atoms with Crippen LogP contribution in [0.5, 0.6) is 0 Å². The third kappa shape index (κ3) is 1.45. The van der Waals surface area contributed by atoms with E-state index in [0.29, 0.717) is 11.3 Å². The molecule has 0 saturated heterocycles. The van der Waals surface area contributed by atoms with Gasteiger partial charge in [-0.2, -0.15) is 5.10 Å². The van der Waals surface area contributed by atoms with Crippen molar-refractivity contribution in [2.75, 3.05) is 0 Å². The molecule has 0 fully saturated rings. The molecule has 1 atom stereocenters. The molecule has 3 N–H and O–H groups in total. The summed E-state index contributed by atoms with van der Waals surface area (Å²) in [6, 6.07) is -0.973. The maximum Gasteiger partial charge on any atom is 0.325 e. The Kier molecular flexibility index (Phi) is 2.14. The monoisotopic (exact) mass is 169 g/mol. The first-order valence-corrected chi connectivity index (χ1v) is 3.51. The highest BCUT2D eigenvalue weighted by molar-refractivity contribution is 5.75. The average molecular weight is 169 g/mol. The second-order valence-electron chi connectivity index (χ2n) is 2.66. The van der Waals surface area contributed by atoms with Crippen LogP contribution in [0.25, 0.3) is 0 Å². The molecule has 0 aliphatic rings. The number of carboxylic acids is 1. The summed E-state index contributed by atoms with van der Waals surface area (Å²) in [6.07, 6.45) is 1.62. The van der Waals surface area contributed by atoms with E-state index in [2.05, 4.69) is 5.10 Å². The molecule has 1 unspecified atom stereocenters. The van der Waals surface area contributed by atoms with Crippen molar-refractivity contribution in [1.82, 2.24) is 9.78 Å². The van der Waals surface area contributed by atoms with E-state index in [9.17, 15) is 4.79 Å². The second-order valence-corrected chi connectivity index (χ2v) is 2.66. The van der Waals surface area contributed by atoms with Gasteiger partial charge in [-0.25, -0.2) is 0 Å². The van der Waals surface area contributed by atoms with Gasteiger partial charge in [-0.05, 0) is 6.92 Å². The summed E-state index contributed by atoms with van der Waals surface area (Å²) in [5.74, 6) is -1.04. The molecule has 1 rings (SSSR count). The predicted octanol–water partition coefficient (Wildman–Crippen LogP) is -0.187. The molecule has 66 valence electrons. The SMILES string of the molecule is Cc1nn(C)cc1C(N)C(=O)O. The molecular formula is C7H11N3O2. The van der Waals surface area contributed by atoms with Crippen LogP contribution in [0, 0.1) is 6.92 Å². The highest BCUT2D eigenvalue weighted by Crippen LogP contribution is 2.13. The lowest BCUT2D eigenvalue weighted by Gasteiger charge is -2.02. The Morgan fingerprint density at radius 1 is 1.83 bits per heavy atom. The molecule has 0 aliphatic heterocycles. The number of carboxylic acid groups (broad SMARTS) is 1. The number of nitrogens with two attached hydrogens (primary N) is 1. The van der Waals surface area contributed by atoms with Crippen molar-refractivity contribution >= 4 is 5.97 Å². The molecule has 0 radical (unpaired) electrons. The van der Waals surface area contributed by atoms with Crippen LogP contribution in [0.1, 0.15) is 17.3 Å². The Labute approximate surface area is 69.8 Å². The van der Waals surface area contributed by atoms with Gasteiger partial charge < -0.3 is 10.8 Å². The summed E-state index contributed by atoms with van der Waals surface area (Å²) < 4.78 is 1.55. The summed E-state index contributed by atoms with van der Waals surface area (Å²) >= 11 is 0. The third-order valence-electron chi connectivity index (χ3n) is 1.65. The maximum absolute atomic E-state index is 10.5. The van der Waals surface area contributed by atoms with Crippen LogP contribution in [0.15, 0.2) is 6.20 Å². The average Bonchev–Trinajstić information content (AvgIpc) is 2.28. The van der Waals surface area contributed by atoms with E-state index in [1.165, 1.54) is 0 Å². The molecule has 5 nitrogen and oxygen atoms in total. The van der Waals surface area contributed by atoms with Crippen molar-refractivity contribution < 1.29 is 9.90 Å². The Bertz CT molecular complexity index is 306. The zero-order valence-corrected chi connectivity index (χ0v) is 6.98. The van der Waals surface area contributed by atoms with Crippen LogP contribution in [0.3, 0.4) is 0 Å². The van der Waals surface area contributed by atoms with Crippen molar-refractivity contribution in [2.45, 2.75) is 13.0 Å². The lowest BCUT2D eigenvalue weighted by molar-refractivity contribution is -0.138. The summed E-state index contributed by atoms with van der Waals surface area (Å²) in [7, 11) is 1.73. The van der Waals surface area contributed by atoms with E-state index in [1.54, 1.807) is 24.9 Å². The van der Waals surface area contributed by atoms with Crippen LogP contribution in [-0.2, 0) is 11.8 Å². The number of nitrogens with zero attached hydrogens (tertiary/aromatic N) is 2. The molecule has 1 aromatic rings. The Hall–Kier alpha value is -1.36. The van der Waals surface area contributed by atoms with Crippen molar-refractivity contribution in [3.8, 4) is 0 Å². The molecule has 12 heavy (non-hydrogen) atoms. The minimum absolute atomic E-state index is 0.560. The van der Waals surface area contributed by atoms with Crippen molar-refractivity contribution in [2.24, 2.45) is 12.8 Å². The Morgan fingerprint density at radius 2 is 2.42 bits per heavy atom. The van der Waals surface area contributed by atoms with E-state index in [1.807, 2.05) is 0 Å². The minimum Gasteiger partial charge on any atom is -0.480 e. The highest BCUT2D eigenvalue weighted by Gasteiger charge is 2.18. The number of carbonyl (C=O) groups is 1. The number of hydrogen-bond acceptors (Lipinski definition) is 3. The topological polar surface area (TPSA) is 81.1 Å². The molecule has 1 aromatic heterocycles. The van der Waals surface area contributed by atoms with Gasteiger partial charge in [-0.15, -0.1) is 0 Å². The van der Waals surface area contributed by atoms with Crippen LogP contribution < -0.4 is 5.73 Å². The van der Waals surface area contributed by atoms with Crippen LogP contribution in [-0.4, -0.2) is 20.9 Å². The van der Waals surface area contributed by atoms with Gasteiger partial charge >= 0.3 is 5.97 Å². The molecule has 0 aromatic carbocycles. The van der Waals surface area contributed by atoms with Gasteiger partial charge in [0.2, 0.25) is 0 Å². The Morgan fingerprint density at radius 3 is 2.75 bits per heavy atom. The number of aromatic nitrogens is 2. The first-order valence-electron chi connectivity index (χ1n) is 3.51. The lowest BCUT2D eigenvalue weighted by atomic mass is 10.1. The first kappa shape index (κ1) is 8.73. The molecule has 5 heteroatoms. The van der Waals surface area contributed by atoms with E-state index in [4.69, 9.17) is 10.8 Å². The predicted molar refractivity (Wildman–Crippen MR) is 42.5 cm³/mol. The third-order valence-corrected chi connectivity index (χ3v) is 1.65. The van der Waals surface area contributed by atoms with Crippen LogP contribution in [0.4, 0.5) is 0 Å². The fourth-order valence-corrected chi connectivity index (χ4v) is 1.06. The van der Waals surface area contributed by atoms with E-state index in [0.717, 1.165) is 0 Å². The molecule has 0 amide bonds. The van der Waals surface area contributed by atoms with Crippen LogP contribution >= 0.6 is 0 Å². The molecule has 0 saturated carbocycles. The maximum atomic E-state index is 10.5. The molecule has 0 bridgehead atoms. The number of aryl methyl sites for hydroxylation is 2. The van der Waals surface area contributed by atoms with Crippen molar-refractivity contribution in [1.29, 1.82) is 0 Å². The lowest BCUT2D eigenvalue weighted by Crippen LogP contribution is -2.20. The summed E-state index contributed by atoms with van der Waals surface area (Å²) in [5.41, 5.74) is 6.62. The normalized spacial score (nSPS) is 12.9. The molecular weight excluding hydrogens is 158 g/mol. The number of rotatable bonds is 2. The van der Waals surface area contributed by atoms with Gasteiger partial charge in [-0.1, -0.05) is 0 Å². The number of hydrogen-bond donors (Lipinski definition) is 2. The standard InChI is InChI=1S/C7H11N3O2/c1-4-5(3-10(2)9-4)6(8)7(11)12/h3,6H,8H2,1-2H3,(H,11,12). The van der Waals surface area contributed by atoms with E-state index in [-0.39, 0.29) is 0 Å². The summed E-state index contributed by atoms with van der Waals surface area (Å²) in [4.78, 5) is 10.5. The van der Waals surface area contributed by atoms with Gasteiger partial charge in [0.25, 0.3) is 0 Å². The van der Waals surface area contributed by atoms with Gasteiger partial charge in [0, 0.05) is 18.8 Å². The minimum atomic E-state index is -1.04. The molecule has 1 heterocycles. The zero-order chi connectivity index (χ0) is 9.30. The zero-order valence-electron chi connectivity index (χ0n) is 6.98. The largest absolute Gasteiger partial charge is 0.480 e. The molecule has 0 aliphatic carbocycles. The quantitative estimate of drug-likeness (QED) is 0.643. The first-order chi connectivity index (χ1) is 5.52. The fourth-order valence-electron chi connectivity index (χ4n) is 1.06.